The molecule has 0 radical (unpaired) electrons. The maximum atomic E-state index is 13.0. The number of Topliss-reactive ketones (excluding diaryl/α,β-unsaturated/α-hetero) is 1. The maximum Gasteiger partial charge on any atom is 0.300 e. The second kappa shape index (κ2) is 8.17. The molecule has 3 aromatic rings. The fourth-order valence-electron chi connectivity index (χ4n) is 3.65. The van der Waals surface area contributed by atoms with Crippen molar-refractivity contribution in [3.8, 4) is 11.8 Å². The summed E-state index contributed by atoms with van der Waals surface area (Å²) >= 11 is 0. The summed E-state index contributed by atoms with van der Waals surface area (Å²) in [6.07, 6.45) is 0. The number of nitrogens with zero attached hydrogens (tertiary/aromatic N) is 2. The quantitative estimate of drug-likeness (QED) is 0.396. The van der Waals surface area contributed by atoms with Crippen LogP contribution < -0.4 is 9.64 Å². The van der Waals surface area contributed by atoms with Gasteiger partial charge >= 0.3 is 0 Å². The molecule has 0 aliphatic carbocycles. The molecule has 31 heavy (non-hydrogen) atoms. The topological polar surface area (TPSA) is 90.6 Å². The Bertz CT molecular complexity index is 1210. The lowest BCUT2D eigenvalue weighted by molar-refractivity contribution is -0.132. The van der Waals surface area contributed by atoms with E-state index in [0.29, 0.717) is 28.1 Å². The predicted octanol–water partition coefficient (Wildman–Crippen LogP) is 4.19. The van der Waals surface area contributed by atoms with Gasteiger partial charge < -0.3 is 9.84 Å². The highest BCUT2D eigenvalue weighted by molar-refractivity contribution is 6.51. The van der Waals surface area contributed by atoms with E-state index in [2.05, 4.69) is 0 Å². The van der Waals surface area contributed by atoms with Gasteiger partial charge in [-0.25, -0.2) is 0 Å². The molecular formula is C25H18N2O4. The summed E-state index contributed by atoms with van der Waals surface area (Å²) in [6, 6.07) is 23.3. The smallest absolute Gasteiger partial charge is 0.300 e. The highest BCUT2D eigenvalue weighted by Gasteiger charge is 2.46. The largest absolute Gasteiger partial charge is 0.507 e. The molecule has 6 nitrogen and oxygen atoms in total. The van der Waals surface area contributed by atoms with Crippen molar-refractivity contribution < 1.29 is 19.4 Å². The van der Waals surface area contributed by atoms with E-state index in [9.17, 15) is 14.7 Å². The highest BCUT2D eigenvalue weighted by atomic mass is 16.5. The van der Waals surface area contributed by atoms with Crippen LogP contribution in [-0.4, -0.2) is 23.9 Å². The molecule has 6 heteroatoms. The Balaban J connectivity index is 1.90. The summed E-state index contributed by atoms with van der Waals surface area (Å²) in [4.78, 5) is 27.4. The molecule has 0 spiro atoms. The van der Waals surface area contributed by atoms with Crippen LogP contribution in [0.1, 0.15) is 22.7 Å². The summed E-state index contributed by atoms with van der Waals surface area (Å²) in [5.41, 5.74) is 1.99. The molecular weight excluding hydrogens is 392 g/mol. The van der Waals surface area contributed by atoms with Gasteiger partial charge in [0.05, 0.1) is 30.4 Å². The van der Waals surface area contributed by atoms with Crippen molar-refractivity contribution in [1.82, 2.24) is 0 Å². The molecule has 0 saturated carbocycles. The Kier molecular flexibility index (Phi) is 5.25. The summed E-state index contributed by atoms with van der Waals surface area (Å²) in [5, 5.41) is 20.1. The van der Waals surface area contributed by atoms with Gasteiger partial charge in [0, 0.05) is 11.3 Å². The molecule has 1 aliphatic rings. The van der Waals surface area contributed by atoms with Gasteiger partial charge in [-0.3, -0.25) is 14.5 Å². The zero-order valence-corrected chi connectivity index (χ0v) is 16.6. The second-order valence-corrected chi connectivity index (χ2v) is 6.97. The second-order valence-electron chi connectivity index (χ2n) is 6.97. The van der Waals surface area contributed by atoms with Crippen LogP contribution >= 0.6 is 0 Å². The number of carbonyl (C=O) groups excluding carboxylic acids is 2. The summed E-state index contributed by atoms with van der Waals surface area (Å²) in [7, 11) is 1.54. The molecule has 3 aromatic carbocycles. The first-order chi connectivity index (χ1) is 15.0. The predicted molar refractivity (Wildman–Crippen MR) is 115 cm³/mol. The standard InChI is InChI=1S/C25H18N2O4/c1-31-20-13-9-18(10-14-20)23(28)21-22(17-5-3-2-4-6-17)27(25(30)24(21)29)19-11-7-16(15-26)8-12-19/h2-14,22,28H,1H3. The molecule has 4 rings (SSSR count). The van der Waals surface area contributed by atoms with Crippen LogP contribution in [0, 0.1) is 11.3 Å². The van der Waals surface area contributed by atoms with Crippen molar-refractivity contribution in [2.45, 2.75) is 6.04 Å². The first kappa shape index (κ1) is 19.9. The summed E-state index contributed by atoms with van der Waals surface area (Å²) < 4.78 is 5.15. The lowest BCUT2D eigenvalue weighted by Crippen LogP contribution is -2.29. The average molecular weight is 410 g/mol. The molecule has 1 heterocycles. The van der Waals surface area contributed by atoms with E-state index < -0.39 is 17.7 Å². The van der Waals surface area contributed by atoms with Crippen LogP contribution in [0.2, 0.25) is 0 Å². The fraction of sp³-hybridized carbons (Fsp3) is 0.0800. The molecule has 1 unspecified atom stereocenters. The number of methoxy groups -OCH3 is 1. The number of carbonyl (C=O) groups is 2. The van der Waals surface area contributed by atoms with Crippen LogP contribution in [0.25, 0.3) is 5.76 Å². The van der Waals surface area contributed by atoms with E-state index in [-0.39, 0.29) is 11.3 Å². The molecule has 1 N–H and O–H groups in total. The number of ether oxygens (including phenoxy) is 1. The number of hydrogen-bond donors (Lipinski definition) is 1. The van der Waals surface area contributed by atoms with E-state index in [1.807, 2.05) is 24.3 Å². The first-order valence-corrected chi connectivity index (χ1v) is 9.55. The van der Waals surface area contributed by atoms with Crippen molar-refractivity contribution in [1.29, 1.82) is 5.26 Å². The van der Waals surface area contributed by atoms with Gasteiger partial charge in [0.2, 0.25) is 0 Å². The number of ketones is 1. The lowest BCUT2D eigenvalue weighted by Gasteiger charge is -2.25. The van der Waals surface area contributed by atoms with Gasteiger partial charge in [0.1, 0.15) is 11.5 Å². The zero-order valence-electron chi connectivity index (χ0n) is 16.6. The number of nitriles is 1. The van der Waals surface area contributed by atoms with Crippen LogP contribution in [0.3, 0.4) is 0 Å². The van der Waals surface area contributed by atoms with Gasteiger partial charge in [-0.05, 0) is 54.1 Å². The number of amides is 1. The molecule has 0 bridgehead atoms. The number of rotatable bonds is 4. The van der Waals surface area contributed by atoms with Crippen LogP contribution in [0.15, 0.2) is 84.4 Å². The van der Waals surface area contributed by atoms with E-state index in [0.717, 1.165) is 0 Å². The minimum atomic E-state index is -0.809. The molecule has 1 aliphatic heterocycles. The minimum absolute atomic E-state index is 0.00530. The number of aliphatic hydroxyl groups excluding tert-OH is 1. The van der Waals surface area contributed by atoms with Gasteiger partial charge in [-0.2, -0.15) is 5.26 Å². The van der Waals surface area contributed by atoms with E-state index >= 15 is 0 Å². The lowest BCUT2D eigenvalue weighted by atomic mass is 9.95. The van der Waals surface area contributed by atoms with Crippen molar-refractivity contribution in [2.24, 2.45) is 0 Å². The molecule has 1 saturated heterocycles. The van der Waals surface area contributed by atoms with E-state index in [4.69, 9.17) is 10.00 Å². The first-order valence-electron chi connectivity index (χ1n) is 9.55. The molecule has 1 amide bonds. The van der Waals surface area contributed by atoms with Gasteiger partial charge in [0.15, 0.2) is 0 Å². The average Bonchev–Trinajstić information content (AvgIpc) is 3.09. The summed E-state index contributed by atoms with van der Waals surface area (Å²) in [5.74, 6) is -1.17. The van der Waals surface area contributed by atoms with Crippen molar-refractivity contribution in [3.05, 3.63) is 101 Å². The number of anilines is 1. The van der Waals surface area contributed by atoms with E-state index in [1.54, 1.807) is 60.7 Å². The third-order valence-electron chi connectivity index (χ3n) is 5.20. The molecule has 1 fully saturated rings. The van der Waals surface area contributed by atoms with Crippen molar-refractivity contribution in [3.63, 3.8) is 0 Å². The third-order valence-corrected chi connectivity index (χ3v) is 5.20. The Morgan fingerprint density at radius 3 is 2.19 bits per heavy atom. The monoisotopic (exact) mass is 410 g/mol. The van der Waals surface area contributed by atoms with E-state index in [1.165, 1.54) is 12.0 Å². The fourth-order valence-corrected chi connectivity index (χ4v) is 3.65. The van der Waals surface area contributed by atoms with Crippen molar-refractivity contribution >= 4 is 23.1 Å². The third kappa shape index (κ3) is 3.53. The Hall–Kier alpha value is -4.37. The molecule has 1 atom stereocenters. The Labute approximate surface area is 179 Å². The van der Waals surface area contributed by atoms with Crippen LogP contribution in [0.5, 0.6) is 5.75 Å². The summed E-state index contributed by atoms with van der Waals surface area (Å²) in [6.45, 7) is 0. The van der Waals surface area contributed by atoms with Crippen LogP contribution in [-0.2, 0) is 9.59 Å². The number of benzene rings is 3. The molecule has 0 aromatic heterocycles. The Morgan fingerprint density at radius 1 is 0.968 bits per heavy atom. The highest BCUT2D eigenvalue weighted by Crippen LogP contribution is 2.42. The normalized spacial score (nSPS) is 17.4. The number of hydrogen-bond acceptors (Lipinski definition) is 5. The maximum absolute atomic E-state index is 13.0. The van der Waals surface area contributed by atoms with Crippen molar-refractivity contribution in [2.75, 3.05) is 12.0 Å². The SMILES string of the molecule is COc1ccc(C(O)=C2C(=O)C(=O)N(c3ccc(C#N)cc3)C2c2ccccc2)cc1. The molecule has 152 valence electrons. The van der Waals surface area contributed by atoms with Gasteiger partial charge in [-0.1, -0.05) is 30.3 Å². The zero-order chi connectivity index (χ0) is 22.0. The van der Waals surface area contributed by atoms with Gasteiger partial charge in [-0.15, -0.1) is 0 Å². The number of aliphatic hydroxyl groups is 1. The van der Waals surface area contributed by atoms with Gasteiger partial charge in [0.25, 0.3) is 11.7 Å². The minimum Gasteiger partial charge on any atom is -0.507 e. The Morgan fingerprint density at radius 2 is 1.61 bits per heavy atom. The van der Waals surface area contributed by atoms with Crippen LogP contribution in [0.4, 0.5) is 5.69 Å².